The van der Waals surface area contributed by atoms with Gasteiger partial charge in [0.1, 0.15) is 5.54 Å². The third-order valence-electron chi connectivity index (χ3n) is 3.32. The van der Waals surface area contributed by atoms with Gasteiger partial charge in [0.25, 0.3) is 0 Å². The number of hydrogen-bond acceptors (Lipinski definition) is 4. The Morgan fingerprint density at radius 3 is 2.75 bits per heavy atom. The summed E-state index contributed by atoms with van der Waals surface area (Å²) in [4.78, 5) is 16.1. The third-order valence-corrected chi connectivity index (χ3v) is 3.32. The molecule has 0 saturated heterocycles. The number of pyridine rings is 1. The molecule has 0 unspecified atom stereocenters. The van der Waals surface area contributed by atoms with Gasteiger partial charge in [-0.3, -0.25) is 15.1 Å². The quantitative estimate of drug-likeness (QED) is 0.869. The SMILES string of the molecule is COC(=O)C(C)(C)NCc1ccc2nc(C)ccc2c1. The van der Waals surface area contributed by atoms with E-state index in [0.29, 0.717) is 6.54 Å². The van der Waals surface area contributed by atoms with Crippen LogP contribution >= 0.6 is 0 Å². The van der Waals surface area contributed by atoms with Crippen molar-refractivity contribution in [3.05, 3.63) is 41.6 Å². The van der Waals surface area contributed by atoms with Crippen LogP contribution in [0.15, 0.2) is 30.3 Å². The van der Waals surface area contributed by atoms with Crippen LogP contribution in [0.4, 0.5) is 0 Å². The molecule has 1 aromatic heterocycles. The second kappa shape index (κ2) is 5.59. The number of nitrogens with one attached hydrogen (secondary N) is 1. The van der Waals surface area contributed by atoms with E-state index in [2.05, 4.69) is 22.4 Å². The fourth-order valence-corrected chi connectivity index (χ4v) is 2.04. The maximum Gasteiger partial charge on any atom is 0.325 e. The summed E-state index contributed by atoms with van der Waals surface area (Å²) in [5, 5.41) is 4.31. The fourth-order valence-electron chi connectivity index (χ4n) is 2.04. The average molecular weight is 272 g/mol. The zero-order valence-electron chi connectivity index (χ0n) is 12.4. The molecule has 4 nitrogen and oxygen atoms in total. The van der Waals surface area contributed by atoms with Crippen LogP contribution in [0.5, 0.6) is 0 Å². The molecule has 2 aromatic rings. The molecule has 0 bridgehead atoms. The largest absolute Gasteiger partial charge is 0.468 e. The Balaban J connectivity index is 2.14. The summed E-state index contributed by atoms with van der Waals surface area (Å²) in [5.41, 5.74) is 2.41. The van der Waals surface area contributed by atoms with E-state index >= 15 is 0 Å². The summed E-state index contributed by atoms with van der Waals surface area (Å²) in [6, 6.07) is 10.2. The van der Waals surface area contributed by atoms with Crippen LogP contribution in [-0.2, 0) is 16.1 Å². The Hall–Kier alpha value is -1.94. The number of carbonyl (C=O) groups is 1. The number of ether oxygens (including phenoxy) is 1. The van der Waals surface area contributed by atoms with Gasteiger partial charge in [-0.15, -0.1) is 0 Å². The Labute approximate surface area is 119 Å². The molecule has 0 amide bonds. The number of hydrogen-bond donors (Lipinski definition) is 1. The molecule has 106 valence electrons. The van der Waals surface area contributed by atoms with Gasteiger partial charge in [-0.05, 0) is 44.5 Å². The Kier molecular flexibility index (Phi) is 4.04. The van der Waals surface area contributed by atoms with Crippen molar-refractivity contribution in [2.45, 2.75) is 32.9 Å². The Morgan fingerprint density at radius 2 is 2.05 bits per heavy atom. The maximum atomic E-state index is 11.6. The Morgan fingerprint density at radius 1 is 1.30 bits per heavy atom. The first-order valence-electron chi connectivity index (χ1n) is 6.62. The molecule has 0 aliphatic heterocycles. The maximum absolute atomic E-state index is 11.6. The molecular weight excluding hydrogens is 252 g/mol. The normalized spacial score (nSPS) is 11.6. The van der Waals surface area contributed by atoms with E-state index in [4.69, 9.17) is 4.74 Å². The molecule has 0 aliphatic rings. The van der Waals surface area contributed by atoms with Gasteiger partial charge >= 0.3 is 5.97 Å². The van der Waals surface area contributed by atoms with Crippen molar-refractivity contribution < 1.29 is 9.53 Å². The van der Waals surface area contributed by atoms with Gasteiger partial charge in [0.2, 0.25) is 0 Å². The van der Waals surface area contributed by atoms with Crippen molar-refractivity contribution in [2.24, 2.45) is 0 Å². The zero-order valence-corrected chi connectivity index (χ0v) is 12.4. The number of rotatable bonds is 4. The highest BCUT2D eigenvalue weighted by molar-refractivity contribution is 5.80. The summed E-state index contributed by atoms with van der Waals surface area (Å²) in [5.74, 6) is -0.268. The topological polar surface area (TPSA) is 51.2 Å². The monoisotopic (exact) mass is 272 g/mol. The second-order valence-electron chi connectivity index (χ2n) is 5.45. The number of methoxy groups -OCH3 is 1. The lowest BCUT2D eigenvalue weighted by atomic mass is 10.0. The van der Waals surface area contributed by atoms with E-state index < -0.39 is 5.54 Å². The van der Waals surface area contributed by atoms with Crippen molar-refractivity contribution >= 4 is 16.9 Å². The summed E-state index contributed by atoms with van der Waals surface area (Å²) in [7, 11) is 1.40. The van der Waals surface area contributed by atoms with Crippen LogP contribution in [0.25, 0.3) is 10.9 Å². The van der Waals surface area contributed by atoms with Gasteiger partial charge in [0.15, 0.2) is 0 Å². The number of nitrogens with zero attached hydrogens (tertiary/aromatic N) is 1. The minimum atomic E-state index is -0.699. The summed E-state index contributed by atoms with van der Waals surface area (Å²) < 4.78 is 4.78. The lowest BCUT2D eigenvalue weighted by molar-refractivity contribution is -0.147. The van der Waals surface area contributed by atoms with E-state index in [9.17, 15) is 4.79 Å². The predicted octanol–water partition coefficient (Wildman–Crippen LogP) is 2.58. The Bertz CT molecular complexity index is 635. The van der Waals surface area contributed by atoms with E-state index in [1.165, 1.54) is 7.11 Å². The lowest BCUT2D eigenvalue weighted by Gasteiger charge is -2.23. The highest BCUT2D eigenvalue weighted by Crippen LogP contribution is 2.15. The van der Waals surface area contributed by atoms with Gasteiger partial charge in [-0.2, -0.15) is 0 Å². The van der Waals surface area contributed by atoms with Gasteiger partial charge in [0, 0.05) is 17.6 Å². The predicted molar refractivity (Wildman–Crippen MR) is 79.4 cm³/mol. The van der Waals surface area contributed by atoms with Crippen LogP contribution in [0, 0.1) is 6.92 Å². The number of fused-ring (bicyclic) bond motifs is 1. The first kappa shape index (κ1) is 14.5. The number of aryl methyl sites for hydroxylation is 1. The van der Waals surface area contributed by atoms with Crippen LogP contribution in [0.2, 0.25) is 0 Å². The fraction of sp³-hybridized carbons (Fsp3) is 0.375. The minimum absolute atomic E-state index is 0.268. The molecule has 0 atom stereocenters. The molecule has 2 rings (SSSR count). The second-order valence-corrected chi connectivity index (χ2v) is 5.45. The first-order valence-corrected chi connectivity index (χ1v) is 6.62. The molecule has 0 spiro atoms. The highest BCUT2D eigenvalue weighted by Gasteiger charge is 2.27. The van der Waals surface area contributed by atoms with Crippen LogP contribution < -0.4 is 5.32 Å². The number of carbonyl (C=O) groups excluding carboxylic acids is 1. The minimum Gasteiger partial charge on any atom is -0.468 e. The number of aromatic nitrogens is 1. The van der Waals surface area contributed by atoms with Crippen molar-refractivity contribution in [3.8, 4) is 0 Å². The summed E-state index contributed by atoms with van der Waals surface area (Å²) in [6.45, 7) is 6.20. The molecule has 4 heteroatoms. The van der Waals surface area contributed by atoms with Crippen molar-refractivity contribution in [1.29, 1.82) is 0 Å². The number of benzene rings is 1. The smallest absolute Gasteiger partial charge is 0.325 e. The highest BCUT2D eigenvalue weighted by atomic mass is 16.5. The lowest BCUT2D eigenvalue weighted by Crippen LogP contribution is -2.46. The molecule has 1 heterocycles. The molecule has 1 aromatic carbocycles. The van der Waals surface area contributed by atoms with Crippen LogP contribution in [-0.4, -0.2) is 23.6 Å². The van der Waals surface area contributed by atoms with Crippen LogP contribution in [0.3, 0.4) is 0 Å². The molecule has 0 saturated carbocycles. The van der Waals surface area contributed by atoms with E-state index in [-0.39, 0.29) is 5.97 Å². The number of esters is 1. The van der Waals surface area contributed by atoms with Gasteiger partial charge in [-0.1, -0.05) is 12.1 Å². The first-order chi connectivity index (χ1) is 9.42. The zero-order chi connectivity index (χ0) is 14.8. The molecule has 0 fully saturated rings. The van der Waals surface area contributed by atoms with Crippen molar-refractivity contribution in [1.82, 2.24) is 10.3 Å². The average Bonchev–Trinajstić information content (AvgIpc) is 2.44. The molecule has 1 N–H and O–H groups in total. The summed E-state index contributed by atoms with van der Waals surface area (Å²) >= 11 is 0. The standard InChI is InChI=1S/C16H20N2O2/c1-11-5-7-13-9-12(6-8-14(13)18-11)10-17-16(2,3)15(19)20-4/h5-9,17H,10H2,1-4H3. The van der Waals surface area contributed by atoms with Crippen molar-refractivity contribution in [3.63, 3.8) is 0 Å². The van der Waals surface area contributed by atoms with Gasteiger partial charge < -0.3 is 4.74 Å². The molecule has 0 aliphatic carbocycles. The van der Waals surface area contributed by atoms with E-state index in [0.717, 1.165) is 22.2 Å². The molecule has 20 heavy (non-hydrogen) atoms. The van der Waals surface area contributed by atoms with E-state index in [1.807, 2.05) is 39.0 Å². The van der Waals surface area contributed by atoms with Crippen LogP contribution in [0.1, 0.15) is 25.1 Å². The van der Waals surface area contributed by atoms with Gasteiger partial charge in [-0.25, -0.2) is 0 Å². The molecule has 0 radical (unpaired) electrons. The van der Waals surface area contributed by atoms with E-state index in [1.54, 1.807) is 0 Å². The third kappa shape index (κ3) is 3.14. The van der Waals surface area contributed by atoms with Crippen molar-refractivity contribution in [2.75, 3.05) is 7.11 Å². The molecular formula is C16H20N2O2. The van der Waals surface area contributed by atoms with Gasteiger partial charge in [0.05, 0.1) is 12.6 Å². The summed E-state index contributed by atoms with van der Waals surface area (Å²) in [6.07, 6.45) is 0.